The lowest BCUT2D eigenvalue weighted by atomic mass is 9.99. The second-order valence-electron chi connectivity index (χ2n) is 4.73. The van der Waals surface area contributed by atoms with Crippen molar-refractivity contribution in [3.8, 4) is 17.7 Å². The number of benzene rings is 1. The van der Waals surface area contributed by atoms with E-state index >= 15 is 0 Å². The fraction of sp³-hybridized carbons (Fsp3) is 0.133. The van der Waals surface area contributed by atoms with Crippen LogP contribution in [0.25, 0.3) is 0 Å². The number of carboxylic acids is 1. The number of hydrogen-bond acceptors (Lipinski definition) is 6. The molecule has 5 N–H and O–H groups in total. The lowest BCUT2D eigenvalue weighted by molar-refractivity contribution is -0.134. The minimum absolute atomic E-state index is 0.0318. The first-order valence-corrected chi connectivity index (χ1v) is 6.47. The Hall–Kier alpha value is -3.34. The largest absolute Gasteiger partial charge is 0.481 e. The number of hydrogen-bond donors (Lipinski definition) is 3. The number of nitrogen functional groups attached to an aromatic ring is 2. The molecule has 0 unspecified atom stereocenters. The molecule has 0 amide bonds. The number of aliphatic carboxylic acids is 1. The van der Waals surface area contributed by atoms with Crippen LogP contribution in [0.3, 0.4) is 0 Å². The van der Waals surface area contributed by atoms with E-state index < -0.39 is 5.97 Å². The number of nitrogens with two attached hydrogens (primary N) is 2. The van der Waals surface area contributed by atoms with Gasteiger partial charge in [0.05, 0.1) is 5.69 Å². The number of rotatable bonds is 0. The first kappa shape index (κ1) is 16.0. The van der Waals surface area contributed by atoms with Crippen molar-refractivity contribution >= 4 is 17.5 Å². The molecule has 2 aromatic rings. The summed E-state index contributed by atoms with van der Waals surface area (Å²) in [6.45, 7) is 1.08. The van der Waals surface area contributed by atoms with Gasteiger partial charge >= 0.3 is 0 Å². The Morgan fingerprint density at radius 1 is 1.48 bits per heavy atom. The van der Waals surface area contributed by atoms with Gasteiger partial charge in [-0.1, -0.05) is 0 Å². The molecule has 3 rings (SSSR count). The second-order valence-corrected chi connectivity index (χ2v) is 4.73. The van der Waals surface area contributed by atoms with Crippen molar-refractivity contribution in [2.24, 2.45) is 0 Å². The van der Waals surface area contributed by atoms with Crippen molar-refractivity contribution in [1.82, 2.24) is 4.98 Å². The van der Waals surface area contributed by atoms with E-state index in [0.717, 1.165) is 6.92 Å². The minimum atomic E-state index is -0.833. The lowest BCUT2D eigenvalue weighted by Gasteiger charge is -2.21. The van der Waals surface area contributed by atoms with Gasteiger partial charge in [0, 0.05) is 24.5 Å². The summed E-state index contributed by atoms with van der Waals surface area (Å²) in [6, 6.07) is 6.12. The van der Waals surface area contributed by atoms with Gasteiger partial charge in [-0.2, -0.15) is 10.2 Å². The van der Waals surface area contributed by atoms with Crippen molar-refractivity contribution in [2.75, 3.05) is 11.5 Å². The van der Waals surface area contributed by atoms with Gasteiger partial charge in [-0.25, -0.2) is 4.39 Å². The van der Waals surface area contributed by atoms with E-state index in [0.29, 0.717) is 23.3 Å². The molecule has 1 aliphatic rings. The van der Waals surface area contributed by atoms with E-state index in [-0.39, 0.29) is 28.8 Å². The first-order chi connectivity index (χ1) is 10.8. The smallest absolute Gasteiger partial charge is 0.300 e. The third-order valence-corrected chi connectivity index (χ3v) is 3.04. The minimum Gasteiger partial charge on any atom is -0.481 e. The van der Waals surface area contributed by atoms with Crippen LogP contribution >= 0.6 is 0 Å². The fourth-order valence-corrected chi connectivity index (χ4v) is 2.09. The van der Waals surface area contributed by atoms with E-state index in [1.54, 1.807) is 0 Å². The summed E-state index contributed by atoms with van der Waals surface area (Å²) < 4.78 is 18.8. The monoisotopic (exact) mass is 316 g/mol. The maximum Gasteiger partial charge on any atom is 0.300 e. The van der Waals surface area contributed by atoms with Crippen LogP contribution < -0.4 is 16.2 Å². The number of ether oxygens (including phenoxy) is 1. The second kappa shape index (κ2) is 6.19. The standard InChI is InChI=1S/C13H9FN4O.C2H4O2/c14-7-1-2-10-6(3-7)4-8-11(16)9(5-15)12(17)18-13(8)19-10;1-2(3)4/h1-3H,4H2,(H4,16,17,18);1H3,(H,3,4). The summed E-state index contributed by atoms with van der Waals surface area (Å²) in [6.07, 6.45) is 0.357. The number of carbonyl (C=O) groups is 1. The Labute approximate surface area is 130 Å². The van der Waals surface area contributed by atoms with Crippen molar-refractivity contribution in [2.45, 2.75) is 13.3 Å². The van der Waals surface area contributed by atoms with Crippen molar-refractivity contribution in [1.29, 1.82) is 5.26 Å². The average molecular weight is 316 g/mol. The zero-order chi connectivity index (χ0) is 17.1. The molecule has 0 bridgehead atoms. The molecule has 0 saturated heterocycles. The molecule has 0 atom stereocenters. The van der Waals surface area contributed by atoms with Gasteiger partial charge in [-0.3, -0.25) is 4.79 Å². The van der Waals surface area contributed by atoms with Crippen molar-refractivity contribution < 1.29 is 19.0 Å². The molecule has 0 saturated carbocycles. The third-order valence-electron chi connectivity index (χ3n) is 3.04. The number of pyridine rings is 1. The van der Waals surface area contributed by atoms with Crippen LogP contribution in [0.5, 0.6) is 11.6 Å². The van der Waals surface area contributed by atoms with E-state index in [1.165, 1.54) is 18.2 Å². The summed E-state index contributed by atoms with van der Waals surface area (Å²) >= 11 is 0. The van der Waals surface area contributed by atoms with Crippen molar-refractivity contribution in [3.63, 3.8) is 0 Å². The molecule has 23 heavy (non-hydrogen) atoms. The summed E-state index contributed by atoms with van der Waals surface area (Å²) in [5.41, 5.74) is 13.1. The van der Waals surface area contributed by atoms with E-state index in [2.05, 4.69) is 4.98 Å². The summed E-state index contributed by atoms with van der Waals surface area (Å²) in [4.78, 5) is 13.0. The predicted molar refractivity (Wildman–Crippen MR) is 80.4 cm³/mol. The Balaban J connectivity index is 0.000000433. The van der Waals surface area contributed by atoms with Crippen LogP contribution in [-0.4, -0.2) is 16.1 Å². The van der Waals surface area contributed by atoms with Crippen LogP contribution in [0.15, 0.2) is 18.2 Å². The highest BCUT2D eigenvalue weighted by atomic mass is 19.1. The maximum atomic E-state index is 13.2. The van der Waals surface area contributed by atoms with Crippen LogP contribution in [0.1, 0.15) is 23.6 Å². The SMILES string of the molecule is CC(=O)O.N#Cc1c(N)nc2c(c1N)Cc1cc(F)ccc1O2. The average Bonchev–Trinajstić information content (AvgIpc) is 2.46. The number of halogens is 1. The van der Waals surface area contributed by atoms with Gasteiger partial charge in [-0.05, 0) is 18.2 Å². The molecule has 0 radical (unpaired) electrons. The number of fused-ring (bicyclic) bond motifs is 2. The van der Waals surface area contributed by atoms with Gasteiger partial charge in [0.25, 0.3) is 5.97 Å². The molecular weight excluding hydrogens is 303 g/mol. The zero-order valence-electron chi connectivity index (χ0n) is 12.1. The van der Waals surface area contributed by atoms with E-state index in [9.17, 15) is 4.39 Å². The first-order valence-electron chi connectivity index (χ1n) is 6.47. The molecule has 0 spiro atoms. The molecule has 1 aromatic carbocycles. The maximum absolute atomic E-state index is 13.2. The van der Waals surface area contributed by atoms with E-state index in [4.69, 9.17) is 31.4 Å². The molecular formula is C15H13FN4O3. The molecule has 0 aliphatic carbocycles. The topological polar surface area (TPSA) is 135 Å². The van der Waals surface area contributed by atoms with E-state index in [1.807, 2.05) is 6.07 Å². The van der Waals surface area contributed by atoms with Crippen LogP contribution in [0.2, 0.25) is 0 Å². The van der Waals surface area contributed by atoms with Crippen LogP contribution in [-0.2, 0) is 11.2 Å². The van der Waals surface area contributed by atoms with Crippen molar-refractivity contribution in [3.05, 3.63) is 40.7 Å². The normalized spacial score (nSPS) is 11.0. The van der Waals surface area contributed by atoms with Gasteiger partial charge < -0.3 is 21.3 Å². The zero-order valence-corrected chi connectivity index (χ0v) is 12.1. The van der Waals surface area contributed by atoms with Crippen LogP contribution in [0.4, 0.5) is 15.9 Å². The Kier molecular flexibility index (Phi) is 4.32. The van der Waals surface area contributed by atoms with Gasteiger partial charge in [0.15, 0.2) is 0 Å². The van der Waals surface area contributed by atoms with Gasteiger partial charge in [0.1, 0.15) is 29.0 Å². The molecule has 2 heterocycles. The highest BCUT2D eigenvalue weighted by Gasteiger charge is 2.24. The molecule has 118 valence electrons. The summed E-state index contributed by atoms with van der Waals surface area (Å²) in [5, 5.41) is 16.4. The Bertz CT molecular complexity index is 826. The van der Waals surface area contributed by atoms with Gasteiger partial charge in [0.2, 0.25) is 5.88 Å². The summed E-state index contributed by atoms with van der Waals surface area (Å²) in [5.74, 6) is -0.365. The Morgan fingerprint density at radius 2 is 2.13 bits per heavy atom. The molecule has 8 heteroatoms. The lowest BCUT2D eigenvalue weighted by Crippen LogP contribution is -2.12. The molecule has 1 aromatic heterocycles. The number of nitriles is 1. The highest BCUT2D eigenvalue weighted by Crippen LogP contribution is 2.40. The molecule has 0 fully saturated rings. The fourth-order valence-electron chi connectivity index (χ4n) is 2.09. The predicted octanol–water partition coefficient (Wildman–Crippen LogP) is 2.04. The highest BCUT2D eigenvalue weighted by molar-refractivity contribution is 5.72. The number of carboxylic acid groups (broad SMARTS) is 1. The third kappa shape index (κ3) is 3.29. The molecule has 1 aliphatic heterocycles. The molecule has 7 nitrogen and oxygen atoms in total. The quantitative estimate of drug-likeness (QED) is 0.577. The number of nitrogens with zero attached hydrogens (tertiary/aromatic N) is 2. The Morgan fingerprint density at radius 3 is 2.74 bits per heavy atom. The summed E-state index contributed by atoms with van der Waals surface area (Å²) in [7, 11) is 0. The van der Waals surface area contributed by atoms with Crippen LogP contribution in [0, 0.1) is 17.1 Å². The van der Waals surface area contributed by atoms with Gasteiger partial charge in [-0.15, -0.1) is 0 Å². The number of anilines is 2. The number of aromatic nitrogens is 1.